The maximum absolute atomic E-state index is 11.1. The first kappa shape index (κ1) is 15.5. The Labute approximate surface area is 112 Å². The van der Waals surface area contributed by atoms with Gasteiger partial charge in [-0.05, 0) is 11.6 Å². The summed E-state index contributed by atoms with van der Waals surface area (Å²) in [6.45, 7) is 0. The number of carbonyl (C=O) groups excluding carboxylic acids is 1. The number of esters is 1. The van der Waals surface area contributed by atoms with Gasteiger partial charge < -0.3 is 20.1 Å². The number of aromatic carboxylic acids is 1. The molecule has 0 amide bonds. The minimum absolute atomic E-state index is 0.332. The van der Waals surface area contributed by atoms with Crippen LogP contribution < -0.4 is 0 Å². The molecular formula is C11H11NO8. The number of carbonyl (C=O) groups is 2. The molecule has 1 aromatic rings. The molecule has 2 atom stereocenters. The minimum Gasteiger partial charge on any atom is -0.478 e. The van der Waals surface area contributed by atoms with E-state index in [0.29, 0.717) is 0 Å². The monoisotopic (exact) mass is 285 g/mol. The van der Waals surface area contributed by atoms with E-state index in [2.05, 4.69) is 4.74 Å². The SMILES string of the molecule is COC(=O)C(O)C(O)c1ccc([N+](=O)[O-])cc1C(=O)O. The minimum atomic E-state index is -2.00. The second kappa shape index (κ2) is 6.08. The van der Waals surface area contributed by atoms with Crippen molar-refractivity contribution in [2.45, 2.75) is 12.2 Å². The zero-order valence-electron chi connectivity index (χ0n) is 10.2. The summed E-state index contributed by atoms with van der Waals surface area (Å²) in [6.07, 6.45) is -3.88. The van der Waals surface area contributed by atoms with Crippen molar-refractivity contribution in [3.63, 3.8) is 0 Å². The molecule has 0 aliphatic heterocycles. The molecule has 0 radical (unpaired) electrons. The van der Waals surface area contributed by atoms with E-state index in [4.69, 9.17) is 5.11 Å². The Morgan fingerprint density at radius 2 is 1.95 bits per heavy atom. The standard InChI is InChI=1S/C11H11NO8/c1-20-11(17)9(14)8(13)6-3-2-5(12(18)19)4-7(6)10(15)16/h2-4,8-9,13-14H,1H3,(H,15,16). The van der Waals surface area contributed by atoms with Crippen LogP contribution in [0.3, 0.4) is 0 Å². The predicted octanol–water partition coefficient (Wildman–Crippen LogP) is -0.140. The quantitative estimate of drug-likeness (QED) is 0.384. The van der Waals surface area contributed by atoms with Gasteiger partial charge in [-0.15, -0.1) is 0 Å². The van der Waals surface area contributed by atoms with Crippen molar-refractivity contribution in [1.82, 2.24) is 0 Å². The molecule has 0 saturated heterocycles. The van der Waals surface area contributed by atoms with Crippen LogP contribution in [0.25, 0.3) is 0 Å². The van der Waals surface area contributed by atoms with Crippen molar-refractivity contribution in [2.24, 2.45) is 0 Å². The molecule has 9 heteroatoms. The van der Waals surface area contributed by atoms with Crippen molar-refractivity contribution < 1.29 is 34.6 Å². The third kappa shape index (κ3) is 3.08. The van der Waals surface area contributed by atoms with Gasteiger partial charge in [0.05, 0.1) is 17.6 Å². The van der Waals surface area contributed by atoms with Crippen LogP contribution in [0.2, 0.25) is 0 Å². The van der Waals surface area contributed by atoms with E-state index in [1.807, 2.05) is 0 Å². The number of hydrogen-bond donors (Lipinski definition) is 3. The molecule has 0 spiro atoms. The highest BCUT2D eigenvalue weighted by Gasteiger charge is 2.30. The molecule has 0 aromatic heterocycles. The van der Waals surface area contributed by atoms with Crippen molar-refractivity contribution in [2.75, 3.05) is 7.11 Å². The first-order chi connectivity index (χ1) is 9.29. The summed E-state index contributed by atoms with van der Waals surface area (Å²) in [5.74, 6) is -2.70. The summed E-state index contributed by atoms with van der Waals surface area (Å²) < 4.78 is 4.21. The Balaban J connectivity index is 3.27. The van der Waals surface area contributed by atoms with Crippen LogP contribution in [0.5, 0.6) is 0 Å². The van der Waals surface area contributed by atoms with Gasteiger partial charge >= 0.3 is 11.9 Å². The van der Waals surface area contributed by atoms with E-state index in [1.54, 1.807) is 0 Å². The summed E-state index contributed by atoms with van der Waals surface area (Å²) >= 11 is 0. The predicted molar refractivity (Wildman–Crippen MR) is 63.0 cm³/mol. The summed E-state index contributed by atoms with van der Waals surface area (Å²) in [6, 6.07) is 2.64. The average molecular weight is 285 g/mol. The molecule has 3 N–H and O–H groups in total. The van der Waals surface area contributed by atoms with Crippen LogP contribution in [-0.2, 0) is 9.53 Å². The number of carboxylic acid groups (broad SMARTS) is 1. The maximum atomic E-state index is 11.1. The summed E-state index contributed by atoms with van der Waals surface area (Å²) in [5, 5.41) is 38.8. The van der Waals surface area contributed by atoms with Gasteiger partial charge in [0.1, 0.15) is 6.10 Å². The van der Waals surface area contributed by atoms with Crippen LogP contribution >= 0.6 is 0 Å². The maximum Gasteiger partial charge on any atom is 0.337 e. The molecule has 0 aliphatic carbocycles. The lowest BCUT2D eigenvalue weighted by molar-refractivity contribution is -0.384. The van der Waals surface area contributed by atoms with Crippen LogP contribution in [0.4, 0.5) is 5.69 Å². The van der Waals surface area contributed by atoms with E-state index in [1.165, 1.54) is 0 Å². The van der Waals surface area contributed by atoms with E-state index >= 15 is 0 Å². The molecule has 1 aromatic carbocycles. The Morgan fingerprint density at radius 1 is 1.35 bits per heavy atom. The summed E-state index contributed by atoms with van der Waals surface area (Å²) in [7, 11) is 0.978. The van der Waals surface area contributed by atoms with E-state index < -0.39 is 40.3 Å². The first-order valence-electron chi connectivity index (χ1n) is 5.25. The third-order valence-corrected chi connectivity index (χ3v) is 2.54. The third-order valence-electron chi connectivity index (χ3n) is 2.54. The first-order valence-corrected chi connectivity index (χ1v) is 5.25. The van der Waals surface area contributed by atoms with Gasteiger partial charge in [0.15, 0.2) is 6.10 Å². The van der Waals surface area contributed by atoms with E-state index in [0.717, 1.165) is 25.3 Å². The van der Waals surface area contributed by atoms with Crippen LogP contribution in [0, 0.1) is 10.1 Å². The second-order valence-corrected chi connectivity index (χ2v) is 3.75. The zero-order valence-corrected chi connectivity index (χ0v) is 10.2. The number of nitro benzene ring substituents is 1. The number of nitrogens with zero attached hydrogens (tertiary/aromatic N) is 1. The van der Waals surface area contributed by atoms with Gasteiger partial charge in [-0.25, -0.2) is 9.59 Å². The largest absolute Gasteiger partial charge is 0.478 e. The highest BCUT2D eigenvalue weighted by Crippen LogP contribution is 2.26. The van der Waals surface area contributed by atoms with Gasteiger partial charge in [-0.1, -0.05) is 0 Å². The van der Waals surface area contributed by atoms with Gasteiger partial charge in [0.25, 0.3) is 5.69 Å². The topological polar surface area (TPSA) is 147 Å². The van der Waals surface area contributed by atoms with Gasteiger partial charge in [0, 0.05) is 12.1 Å². The summed E-state index contributed by atoms with van der Waals surface area (Å²) in [5.41, 5.74) is -1.42. The fourth-order valence-corrected chi connectivity index (χ4v) is 1.52. The molecule has 0 aliphatic rings. The van der Waals surface area contributed by atoms with Gasteiger partial charge in [-0.2, -0.15) is 0 Å². The molecule has 9 nitrogen and oxygen atoms in total. The molecule has 2 unspecified atom stereocenters. The number of rotatable bonds is 5. The number of non-ortho nitro benzene ring substituents is 1. The zero-order chi connectivity index (χ0) is 15.4. The summed E-state index contributed by atoms with van der Waals surface area (Å²) in [4.78, 5) is 31.9. The number of aliphatic hydroxyl groups excluding tert-OH is 2. The molecule has 0 fully saturated rings. The van der Waals surface area contributed by atoms with Crippen molar-refractivity contribution in [1.29, 1.82) is 0 Å². The van der Waals surface area contributed by atoms with Gasteiger partial charge in [-0.3, -0.25) is 10.1 Å². The van der Waals surface area contributed by atoms with Crippen molar-refractivity contribution in [3.8, 4) is 0 Å². The fraction of sp³-hybridized carbons (Fsp3) is 0.273. The molecular weight excluding hydrogens is 274 g/mol. The number of benzene rings is 1. The second-order valence-electron chi connectivity index (χ2n) is 3.75. The Bertz CT molecular complexity index is 555. The Hall–Kier alpha value is -2.52. The van der Waals surface area contributed by atoms with Gasteiger partial charge in [0.2, 0.25) is 0 Å². The normalized spacial score (nSPS) is 13.3. The van der Waals surface area contributed by atoms with E-state index in [-0.39, 0.29) is 5.56 Å². The average Bonchev–Trinajstić information content (AvgIpc) is 2.43. The number of methoxy groups -OCH3 is 1. The molecule has 0 heterocycles. The Morgan fingerprint density at radius 3 is 2.40 bits per heavy atom. The van der Waals surface area contributed by atoms with Crippen molar-refractivity contribution >= 4 is 17.6 Å². The van der Waals surface area contributed by atoms with Crippen molar-refractivity contribution in [3.05, 3.63) is 39.4 Å². The van der Waals surface area contributed by atoms with Crippen LogP contribution in [0.15, 0.2) is 18.2 Å². The highest BCUT2D eigenvalue weighted by atomic mass is 16.6. The number of nitro groups is 1. The fourth-order valence-electron chi connectivity index (χ4n) is 1.52. The lowest BCUT2D eigenvalue weighted by Crippen LogP contribution is -2.30. The molecule has 20 heavy (non-hydrogen) atoms. The lowest BCUT2D eigenvalue weighted by atomic mass is 9.98. The lowest BCUT2D eigenvalue weighted by Gasteiger charge is -2.17. The Kier molecular flexibility index (Phi) is 4.73. The molecule has 108 valence electrons. The molecule has 0 saturated carbocycles. The molecule has 1 rings (SSSR count). The molecule has 0 bridgehead atoms. The number of ether oxygens (including phenoxy) is 1. The number of aliphatic hydroxyl groups is 2. The van der Waals surface area contributed by atoms with E-state index in [9.17, 15) is 29.9 Å². The highest BCUT2D eigenvalue weighted by molar-refractivity contribution is 5.90. The van der Waals surface area contributed by atoms with Crippen LogP contribution in [-0.4, -0.2) is 45.4 Å². The van der Waals surface area contributed by atoms with Crippen LogP contribution in [0.1, 0.15) is 22.0 Å². The smallest absolute Gasteiger partial charge is 0.337 e. The number of carboxylic acids is 1. The number of hydrogen-bond acceptors (Lipinski definition) is 7.